The molecule has 1 aromatic carbocycles. The largest absolute Gasteiger partial charge is 0.457 e. The minimum absolute atomic E-state index is 0.174. The molecule has 2 aromatic rings. The van der Waals surface area contributed by atoms with Crippen molar-refractivity contribution in [1.29, 1.82) is 0 Å². The van der Waals surface area contributed by atoms with E-state index < -0.39 is 0 Å². The van der Waals surface area contributed by atoms with Crippen LogP contribution in [0.2, 0.25) is 0 Å². The van der Waals surface area contributed by atoms with Gasteiger partial charge in [0.2, 0.25) is 0 Å². The Hall–Kier alpha value is -1.20. The average molecular weight is 366 g/mol. The van der Waals surface area contributed by atoms with E-state index in [2.05, 4.69) is 33.4 Å². The van der Waals surface area contributed by atoms with Crippen LogP contribution in [0.25, 0.3) is 0 Å². The van der Waals surface area contributed by atoms with Crippen LogP contribution < -0.4 is 5.32 Å². The van der Waals surface area contributed by atoms with Gasteiger partial charge in [0.1, 0.15) is 0 Å². The van der Waals surface area contributed by atoms with Crippen LogP contribution in [0.3, 0.4) is 0 Å². The van der Waals surface area contributed by atoms with Crippen molar-refractivity contribution in [2.75, 3.05) is 5.32 Å². The van der Waals surface area contributed by atoms with Crippen LogP contribution in [0.4, 0.5) is 5.69 Å². The van der Waals surface area contributed by atoms with E-state index in [4.69, 9.17) is 4.42 Å². The lowest BCUT2D eigenvalue weighted by atomic mass is 10.3. The second-order valence-corrected chi connectivity index (χ2v) is 7.20. The van der Waals surface area contributed by atoms with Crippen molar-refractivity contribution in [3.05, 3.63) is 46.8 Å². The van der Waals surface area contributed by atoms with Crippen LogP contribution in [0.1, 0.15) is 36.0 Å². The van der Waals surface area contributed by atoms with Gasteiger partial charge < -0.3 is 9.73 Å². The number of benzene rings is 1. The van der Waals surface area contributed by atoms with Crippen molar-refractivity contribution in [3.8, 4) is 0 Å². The van der Waals surface area contributed by atoms with Gasteiger partial charge >= 0.3 is 0 Å². The van der Waals surface area contributed by atoms with E-state index in [0.29, 0.717) is 10.2 Å². The summed E-state index contributed by atoms with van der Waals surface area (Å²) in [5, 5.41) is 3.62. The lowest BCUT2D eigenvalue weighted by Crippen LogP contribution is -2.11. The quantitative estimate of drug-likeness (QED) is 0.795. The lowest BCUT2D eigenvalue weighted by Gasteiger charge is -2.09. The molecule has 5 heteroatoms. The molecule has 1 N–H and O–H groups in total. The Labute approximate surface area is 136 Å². The SMILES string of the molecule is O=C(Nc1ccc(SC2CCCC2)cc1)c1ccoc1Br. The Kier molecular flexibility index (Phi) is 4.70. The van der Waals surface area contributed by atoms with E-state index in [-0.39, 0.29) is 5.91 Å². The van der Waals surface area contributed by atoms with Gasteiger partial charge in [-0.3, -0.25) is 4.79 Å². The molecule has 110 valence electrons. The third-order valence-corrected chi connectivity index (χ3v) is 5.54. The van der Waals surface area contributed by atoms with Crippen LogP contribution in [-0.4, -0.2) is 11.2 Å². The molecule has 1 aliphatic rings. The lowest BCUT2D eigenvalue weighted by molar-refractivity contribution is 0.102. The summed E-state index contributed by atoms with van der Waals surface area (Å²) < 4.78 is 5.52. The summed E-state index contributed by atoms with van der Waals surface area (Å²) in [6.07, 6.45) is 6.83. The van der Waals surface area contributed by atoms with E-state index in [1.165, 1.54) is 36.8 Å². The molecule has 3 nitrogen and oxygen atoms in total. The molecule has 0 aliphatic heterocycles. The molecule has 21 heavy (non-hydrogen) atoms. The molecule has 3 rings (SSSR count). The molecular weight excluding hydrogens is 350 g/mol. The van der Waals surface area contributed by atoms with Crippen LogP contribution in [-0.2, 0) is 0 Å². The first-order valence-electron chi connectivity index (χ1n) is 7.03. The average Bonchev–Trinajstić information content (AvgIpc) is 3.12. The summed E-state index contributed by atoms with van der Waals surface area (Å²) in [4.78, 5) is 13.3. The third kappa shape index (κ3) is 3.71. The maximum atomic E-state index is 12.1. The number of amides is 1. The van der Waals surface area contributed by atoms with Crippen LogP contribution in [0, 0.1) is 0 Å². The first-order chi connectivity index (χ1) is 10.2. The van der Waals surface area contributed by atoms with E-state index in [1.54, 1.807) is 6.07 Å². The molecule has 1 amide bonds. The minimum Gasteiger partial charge on any atom is -0.457 e. The molecule has 0 saturated heterocycles. The molecule has 0 unspecified atom stereocenters. The van der Waals surface area contributed by atoms with Crippen molar-refractivity contribution >= 4 is 39.3 Å². The molecule has 1 fully saturated rings. The first kappa shape index (κ1) is 14.7. The zero-order valence-electron chi connectivity index (χ0n) is 11.5. The summed E-state index contributed by atoms with van der Waals surface area (Å²) in [6, 6.07) is 9.68. The van der Waals surface area contributed by atoms with Gasteiger partial charge in [0.15, 0.2) is 4.67 Å². The van der Waals surface area contributed by atoms with Crippen molar-refractivity contribution < 1.29 is 9.21 Å². The van der Waals surface area contributed by atoms with Gasteiger partial charge in [0.05, 0.1) is 11.8 Å². The highest BCUT2D eigenvalue weighted by Gasteiger charge is 2.16. The van der Waals surface area contributed by atoms with E-state index in [9.17, 15) is 4.79 Å². The molecule has 0 bridgehead atoms. The molecule has 0 atom stereocenters. The molecule has 1 heterocycles. The van der Waals surface area contributed by atoms with Crippen LogP contribution in [0.5, 0.6) is 0 Å². The predicted octanol–water partition coefficient (Wildman–Crippen LogP) is 5.33. The highest BCUT2D eigenvalue weighted by Crippen LogP contribution is 2.35. The van der Waals surface area contributed by atoms with E-state index in [1.807, 2.05) is 23.9 Å². The Morgan fingerprint density at radius 3 is 2.52 bits per heavy atom. The number of anilines is 1. The van der Waals surface area contributed by atoms with Crippen molar-refractivity contribution in [2.24, 2.45) is 0 Å². The number of thioether (sulfide) groups is 1. The number of nitrogens with one attached hydrogen (secondary N) is 1. The number of furan rings is 1. The molecule has 1 saturated carbocycles. The molecule has 1 aliphatic carbocycles. The smallest absolute Gasteiger partial charge is 0.260 e. The standard InChI is InChI=1S/C16H16BrNO2S/c17-15-14(9-10-20-15)16(19)18-11-5-7-13(8-6-11)21-12-3-1-2-4-12/h5-10,12H,1-4H2,(H,18,19). The van der Waals surface area contributed by atoms with Gasteiger partial charge in [-0.25, -0.2) is 0 Å². The zero-order valence-corrected chi connectivity index (χ0v) is 13.9. The number of halogens is 1. The topological polar surface area (TPSA) is 42.2 Å². The maximum absolute atomic E-state index is 12.1. The molecule has 0 radical (unpaired) electrons. The summed E-state index contributed by atoms with van der Waals surface area (Å²) in [6.45, 7) is 0. The second kappa shape index (κ2) is 6.71. The van der Waals surface area contributed by atoms with Crippen molar-refractivity contribution in [1.82, 2.24) is 0 Å². The highest BCUT2D eigenvalue weighted by atomic mass is 79.9. The second-order valence-electron chi connectivity index (χ2n) is 5.11. The summed E-state index contributed by atoms with van der Waals surface area (Å²) in [5.41, 5.74) is 1.29. The number of hydrogen-bond acceptors (Lipinski definition) is 3. The fourth-order valence-electron chi connectivity index (χ4n) is 2.47. The number of hydrogen-bond donors (Lipinski definition) is 1. The fourth-order valence-corrected chi connectivity index (χ4v) is 4.14. The Bertz CT molecular complexity index is 617. The Morgan fingerprint density at radius 1 is 1.19 bits per heavy atom. The van der Waals surface area contributed by atoms with Gasteiger partial charge in [-0.15, -0.1) is 11.8 Å². The summed E-state index contributed by atoms with van der Waals surface area (Å²) >= 11 is 5.15. The van der Waals surface area contributed by atoms with Crippen LogP contribution >= 0.6 is 27.7 Å². The van der Waals surface area contributed by atoms with E-state index in [0.717, 1.165) is 10.9 Å². The number of rotatable bonds is 4. The normalized spacial score (nSPS) is 15.3. The maximum Gasteiger partial charge on any atom is 0.260 e. The predicted molar refractivity (Wildman–Crippen MR) is 88.9 cm³/mol. The fraction of sp³-hybridized carbons (Fsp3) is 0.312. The third-order valence-electron chi connectivity index (χ3n) is 3.58. The van der Waals surface area contributed by atoms with Gasteiger partial charge in [-0.2, -0.15) is 0 Å². The van der Waals surface area contributed by atoms with Crippen LogP contribution in [0.15, 0.2) is 50.6 Å². The summed E-state index contributed by atoms with van der Waals surface area (Å²) in [5.74, 6) is -0.174. The van der Waals surface area contributed by atoms with Gasteiger partial charge in [0.25, 0.3) is 5.91 Å². The first-order valence-corrected chi connectivity index (χ1v) is 8.71. The zero-order chi connectivity index (χ0) is 14.7. The van der Waals surface area contributed by atoms with Gasteiger partial charge in [-0.1, -0.05) is 12.8 Å². The summed E-state index contributed by atoms with van der Waals surface area (Å²) in [7, 11) is 0. The Balaban J connectivity index is 1.61. The Morgan fingerprint density at radius 2 is 1.90 bits per heavy atom. The van der Waals surface area contributed by atoms with Gasteiger partial charge in [-0.05, 0) is 59.1 Å². The number of carbonyl (C=O) groups excluding carboxylic acids is 1. The monoisotopic (exact) mass is 365 g/mol. The molecule has 1 aromatic heterocycles. The van der Waals surface area contributed by atoms with E-state index >= 15 is 0 Å². The van der Waals surface area contributed by atoms with Gasteiger partial charge in [0, 0.05) is 15.8 Å². The molecular formula is C16H16BrNO2S. The minimum atomic E-state index is -0.174. The molecule has 0 spiro atoms. The highest BCUT2D eigenvalue weighted by molar-refractivity contribution is 9.10. The van der Waals surface area contributed by atoms with Crippen molar-refractivity contribution in [3.63, 3.8) is 0 Å². The van der Waals surface area contributed by atoms with Crippen molar-refractivity contribution in [2.45, 2.75) is 35.8 Å². The number of carbonyl (C=O) groups is 1.